The smallest absolute Gasteiger partial charge is 0.195 e. The number of aromatic nitrogens is 2. The van der Waals surface area contributed by atoms with E-state index in [0.717, 1.165) is 17.4 Å². The van der Waals surface area contributed by atoms with E-state index in [1.165, 1.54) is 24.3 Å². The van der Waals surface area contributed by atoms with E-state index in [-0.39, 0.29) is 11.6 Å². The summed E-state index contributed by atoms with van der Waals surface area (Å²) in [6, 6.07) is 7.45. The van der Waals surface area contributed by atoms with Crippen LogP contribution in [0.15, 0.2) is 48.9 Å². The Bertz CT molecular complexity index is 775. The van der Waals surface area contributed by atoms with Crippen molar-refractivity contribution in [2.24, 2.45) is 0 Å². The summed E-state index contributed by atoms with van der Waals surface area (Å²) in [5.41, 5.74) is 2.04. The average molecular weight is 268 g/mol. The number of nitrogens with zero attached hydrogens (tertiary/aromatic N) is 2. The fraction of sp³-hybridized carbons (Fsp3) is 0.125. The van der Waals surface area contributed by atoms with Gasteiger partial charge in [0.15, 0.2) is 5.78 Å². The maximum absolute atomic E-state index is 12.9. The Morgan fingerprint density at radius 2 is 2.00 bits per heavy atom. The lowest BCUT2D eigenvalue weighted by molar-refractivity contribution is 0.104. The van der Waals surface area contributed by atoms with Crippen LogP contribution in [0.2, 0.25) is 0 Å². The Morgan fingerprint density at radius 1 is 1.25 bits per heavy atom. The molecule has 0 saturated heterocycles. The predicted octanol–water partition coefficient (Wildman–Crippen LogP) is 3.43. The van der Waals surface area contributed by atoms with E-state index in [4.69, 9.17) is 0 Å². The van der Waals surface area contributed by atoms with Crippen LogP contribution < -0.4 is 0 Å². The molecule has 0 fully saturated rings. The van der Waals surface area contributed by atoms with Gasteiger partial charge in [-0.15, -0.1) is 0 Å². The van der Waals surface area contributed by atoms with E-state index in [1.54, 1.807) is 12.4 Å². The second-order valence-corrected chi connectivity index (χ2v) is 4.56. The fourth-order valence-corrected chi connectivity index (χ4v) is 2.34. The predicted molar refractivity (Wildman–Crippen MR) is 75.2 cm³/mol. The molecule has 20 heavy (non-hydrogen) atoms. The third-order valence-corrected chi connectivity index (χ3v) is 3.38. The molecule has 0 radical (unpaired) electrons. The number of hydrogen-bond donors (Lipinski definition) is 0. The van der Waals surface area contributed by atoms with E-state index < -0.39 is 0 Å². The molecular weight excluding hydrogens is 255 g/mol. The number of aryl methyl sites for hydroxylation is 1. The molecule has 0 aliphatic carbocycles. The zero-order chi connectivity index (χ0) is 14.1. The highest BCUT2D eigenvalue weighted by molar-refractivity contribution is 6.16. The van der Waals surface area contributed by atoms with Crippen LogP contribution in [0.3, 0.4) is 0 Å². The van der Waals surface area contributed by atoms with Crippen molar-refractivity contribution in [2.45, 2.75) is 13.5 Å². The van der Waals surface area contributed by atoms with Crippen LogP contribution >= 0.6 is 0 Å². The van der Waals surface area contributed by atoms with Crippen molar-refractivity contribution >= 4 is 16.7 Å². The first-order valence-corrected chi connectivity index (χ1v) is 6.44. The number of halogens is 1. The van der Waals surface area contributed by atoms with Crippen LogP contribution in [0.25, 0.3) is 10.9 Å². The number of carbonyl (C=O) groups is 1. The summed E-state index contributed by atoms with van der Waals surface area (Å²) in [6.45, 7) is 2.78. The molecule has 0 bridgehead atoms. The molecule has 0 atom stereocenters. The molecule has 2 heterocycles. The van der Waals surface area contributed by atoms with E-state index >= 15 is 0 Å². The fourth-order valence-electron chi connectivity index (χ4n) is 2.34. The van der Waals surface area contributed by atoms with Crippen LogP contribution in [0.1, 0.15) is 22.8 Å². The molecule has 0 spiro atoms. The topological polar surface area (TPSA) is 34.9 Å². The summed E-state index contributed by atoms with van der Waals surface area (Å²) in [5, 5.41) is 0.871. The highest BCUT2D eigenvalue weighted by atomic mass is 19.1. The van der Waals surface area contributed by atoms with Crippen molar-refractivity contribution < 1.29 is 9.18 Å². The van der Waals surface area contributed by atoms with Gasteiger partial charge in [-0.2, -0.15) is 0 Å². The number of ketones is 1. The molecule has 2 aromatic heterocycles. The van der Waals surface area contributed by atoms with Gasteiger partial charge in [-0.1, -0.05) is 0 Å². The summed E-state index contributed by atoms with van der Waals surface area (Å²) in [7, 11) is 0. The normalized spacial score (nSPS) is 10.9. The zero-order valence-electron chi connectivity index (χ0n) is 11.0. The van der Waals surface area contributed by atoms with Gasteiger partial charge in [-0.3, -0.25) is 9.78 Å². The highest BCUT2D eigenvalue weighted by Crippen LogP contribution is 2.23. The molecule has 100 valence electrons. The number of fused-ring (bicyclic) bond motifs is 1. The average Bonchev–Trinajstić information content (AvgIpc) is 2.86. The molecule has 4 heteroatoms. The van der Waals surface area contributed by atoms with E-state index in [1.807, 2.05) is 23.8 Å². The van der Waals surface area contributed by atoms with Gasteiger partial charge in [0.2, 0.25) is 0 Å². The second kappa shape index (κ2) is 4.89. The summed E-state index contributed by atoms with van der Waals surface area (Å²) < 4.78 is 14.9. The molecule has 3 rings (SSSR count). The number of hydrogen-bond acceptors (Lipinski definition) is 2. The van der Waals surface area contributed by atoms with Gasteiger partial charge in [0.25, 0.3) is 0 Å². The Kier molecular flexibility index (Phi) is 3.06. The lowest BCUT2D eigenvalue weighted by Gasteiger charge is -1.99. The molecule has 0 aliphatic rings. The SMILES string of the molecule is CCn1cc(C(=O)c2ccc(F)cc2)c2ccncc21. The van der Waals surface area contributed by atoms with Crippen molar-refractivity contribution in [3.8, 4) is 0 Å². The molecule has 3 nitrogen and oxygen atoms in total. The van der Waals surface area contributed by atoms with Crippen molar-refractivity contribution in [2.75, 3.05) is 0 Å². The van der Waals surface area contributed by atoms with Crippen LogP contribution in [-0.2, 0) is 6.54 Å². The van der Waals surface area contributed by atoms with Crippen molar-refractivity contribution in [1.82, 2.24) is 9.55 Å². The summed E-state index contributed by atoms with van der Waals surface area (Å²) in [4.78, 5) is 16.6. The van der Waals surface area contributed by atoms with E-state index in [2.05, 4.69) is 4.98 Å². The van der Waals surface area contributed by atoms with Gasteiger partial charge >= 0.3 is 0 Å². The van der Waals surface area contributed by atoms with Crippen LogP contribution in [0.4, 0.5) is 4.39 Å². The van der Waals surface area contributed by atoms with E-state index in [9.17, 15) is 9.18 Å². The first kappa shape index (κ1) is 12.5. The molecule has 0 unspecified atom stereocenters. The van der Waals surface area contributed by atoms with Crippen molar-refractivity contribution in [1.29, 1.82) is 0 Å². The number of benzene rings is 1. The monoisotopic (exact) mass is 268 g/mol. The van der Waals surface area contributed by atoms with E-state index in [0.29, 0.717) is 11.1 Å². The maximum atomic E-state index is 12.9. The third-order valence-electron chi connectivity index (χ3n) is 3.38. The number of carbonyl (C=O) groups excluding carboxylic acids is 1. The van der Waals surface area contributed by atoms with Gasteiger partial charge in [-0.25, -0.2) is 4.39 Å². The lowest BCUT2D eigenvalue weighted by atomic mass is 10.0. The number of pyridine rings is 1. The Morgan fingerprint density at radius 3 is 2.70 bits per heavy atom. The summed E-state index contributed by atoms with van der Waals surface area (Å²) in [5.74, 6) is -0.449. The third kappa shape index (κ3) is 1.99. The minimum Gasteiger partial charge on any atom is -0.346 e. The van der Waals surface area contributed by atoms with Crippen LogP contribution in [0, 0.1) is 5.82 Å². The maximum Gasteiger partial charge on any atom is 0.195 e. The van der Waals surface area contributed by atoms with Gasteiger partial charge in [0, 0.05) is 35.5 Å². The van der Waals surface area contributed by atoms with Gasteiger partial charge < -0.3 is 4.57 Å². The largest absolute Gasteiger partial charge is 0.346 e. The summed E-state index contributed by atoms with van der Waals surface area (Å²) in [6.07, 6.45) is 5.25. The Labute approximate surface area is 115 Å². The van der Waals surface area contributed by atoms with Crippen molar-refractivity contribution in [3.05, 3.63) is 65.9 Å². The van der Waals surface area contributed by atoms with Gasteiger partial charge in [0.05, 0.1) is 11.7 Å². The lowest BCUT2D eigenvalue weighted by Crippen LogP contribution is -2.00. The molecule has 1 aromatic carbocycles. The van der Waals surface area contributed by atoms with Crippen LogP contribution in [0.5, 0.6) is 0 Å². The Balaban J connectivity index is 2.14. The summed E-state index contributed by atoms with van der Waals surface area (Å²) >= 11 is 0. The quantitative estimate of drug-likeness (QED) is 0.682. The van der Waals surface area contributed by atoms with Crippen LogP contribution in [-0.4, -0.2) is 15.3 Å². The molecule has 0 N–H and O–H groups in total. The molecular formula is C16H13FN2O. The van der Waals surface area contributed by atoms with Crippen molar-refractivity contribution in [3.63, 3.8) is 0 Å². The first-order valence-electron chi connectivity index (χ1n) is 6.44. The highest BCUT2D eigenvalue weighted by Gasteiger charge is 2.16. The minimum atomic E-state index is -0.346. The van der Waals surface area contributed by atoms with Gasteiger partial charge in [0.1, 0.15) is 5.82 Å². The standard InChI is InChI=1S/C16H13FN2O/c1-2-19-10-14(13-7-8-18-9-15(13)19)16(20)11-3-5-12(17)6-4-11/h3-10H,2H2,1H3. The first-order chi connectivity index (χ1) is 9.70. The molecule has 0 aliphatic heterocycles. The minimum absolute atomic E-state index is 0.103. The molecule has 0 saturated carbocycles. The second-order valence-electron chi connectivity index (χ2n) is 4.56. The number of rotatable bonds is 3. The molecule has 3 aromatic rings. The Hall–Kier alpha value is -2.49. The molecule has 0 amide bonds. The van der Waals surface area contributed by atoms with Gasteiger partial charge in [-0.05, 0) is 37.3 Å². The zero-order valence-corrected chi connectivity index (χ0v) is 11.0.